The van der Waals surface area contributed by atoms with Crippen LogP contribution in [0.3, 0.4) is 0 Å². The minimum atomic E-state index is 0.0730. The molecule has 0 aliphatic carbocycles. The van der Waals surface area contributed by atoms with Crippen LogP contribution in [-0.4, -0.2) is 19.5 Å². The number of benzene rings is 3. The van der Waals surface area contributed by atoms with Gasteiger partial charge in [-0.1, -0.05) is 42.5 Å². The molecule has 0 saturated heterocycles. The van der Waals surface area contributed by atoms with Gasteiger partial charge in [0, 0.05) is 30.9 Å². The molecular weight excluding hydrogens is 411 g/mol. The van der Waals surface area contributed by atoms with Crippen LogP contribution in [0.2, 0.25) is 10.6 Å². The van der Waals surface area contributed by atoms with Crippen LogP contribution in [0.15, 0.2) is 60.7 Å². The van der Waals surface area contributed by atoms with Crippen LogP contribution in [0.1, 0.15) is 0 Å². The molecule has 0 radical (unpaired) electrons. The van der Waals surface area contributed by atoms with Gasteiger partial charge in [-0.25, -0.2) is 0 Å². The maximum atomic E-state index is 6.06. The van der Waals surface area contributed by atoms with Crippen molar-refractivity contribution in [2.45, 2.75) is 0 Å². The second-order valence-corrected chi connectivity index (χ2v) is 8.19. The van der Waals surface area contributed by atoms with E-state index in [1.165, 1.54) is 25.6 Å². The summed E-state index contributed by atoms with van der Waals surface area (Å²) in [7, 11) is 0. The van der Waals surface area contributed by atoms with Gasteiger partial charge in [0.1, 0.15) is 0 Å². The summed E-state index contributed by atoms with van der Waals surface area (Å²) in [6.07, 6.45) is 0. The van der Waals surface area contributed by atoms with Crippen LogP contribution in [0, 0.1) is 0 Å². The molecule has 0 fully saturated rings. The molecule has 3 aromatic carbocycles. The topological polar surface area (TPSA) is 43.6 Å². The Labute approximate surface area is 173 Å². The highest BCUT2D eigenvalue weighted by molar-refractivity contribution is 7.26. The largest absolute Gasteiger partial charge is 0.278 e. The van der Waals surface area contributed by atoms with Crippen molar-refractivity contribution in [3.8, 4) is 5.95 Å². The molecule has 4 nitrogen and oxygen atoms in total. The van der Waals surface area contributed by atoms with Crippen LogP contribution in [0.5, 0.6) is 0 Å². The first-order valence-corrected chi connectivity index (χ1v) is 10.2. The Morgan fingerprint density at radius 3 is 2.21 bits per heavy atom. The monoisotopic (exact) mass is 420 g/mol. The van der Waals surface area contributed by atoms with Gasteiger partial charge in [-0.3, -0.25) is 4.57 Å². The number of hydrogen-bond acceptors (Lipinski definition) is 4. The quantitative estimate of drug-likeness (QED) is 0.299. The normalized spacial score (nSPS) is 11.9. The fourth-order valence-corrected chi connectivity index (χ4v) is 5.48. The number of aromatic nitrogens is 4. The summed E-state index contributed by atoms with van der Waals surface area (Å²) < 4.78 is 4.52. The Balaban J connectivity index is 1.85. The molecule has 0 N–H and O–H groups in total. The van der Waals surface area contributed by atoms with E-state index in [0.29, 0.717) is 5.95 Å². The fourth-order valence-electron chi connectivity index (χ4n) is 3.87. The summed E-state index contributed by atoms with van der Waals surface area (Å²) in [4.78, 5) is 12.5. The highest BCUT2D eigenvalue weighted by Gasteiger charge is 2.19. The minimum absolute atomic E-state index is 0.0730. The molecule has 3 heterocycles. The zero-order chi connectivity index (χ0) is 18.8. The van der Waals surface area contributed by atoms with Crippen molar-refractivity contribution in [1.29, 1.82) is 0 Å². The lowest BCUT2D eigenvalue weighted by Gasteiger charge is -2.06. The van der Waals surface area contributed by atoms with Gasteiger partial charge in [-0.2, -0.15) is 15.0 Å². The fraction of sp³-hybridized carbons (Fsp3) is 0. The first-order valence-electron chi connectivity index (χ1n) is 8.61. The standard InChI is InChI=1S/C21H10Cl2N4S/c22-19-24-20(23)26-21(25-19)27-14-7-3-1-6-13(14)17-15(27)10-9-12-11-5-2-4-8-16(11)28-18(12)17/h1-10H. The van der Waals surface area contributed by atoms with Crippen molar-refractivity contribution in [2.75, 3.05) is 0 Å². The lowest BCUT2D eigenvalue weighted by Crippen LogP contribution is -2.02. The molecule has 0 spiro atoms. The number of thiophene rings is 1. The molecule has 0 saturated carbocycles. The summed E-state index contributed by atoms with van der Waals surface area (Å²) in [6, 6.07) is 21.0. The Morgan fingerprint density at radius 2 is 1.39 bits per heavy atom. The lowest BCUT2D eigenvalue weighted by atomic mass is 10.1. The van der Waals surface area contributed by atoms with E-state index in [-0.39, 0.29) is 10.6 Å². The van der Waals surface area contributed by atoms with Gasteiger partial charge < -0.3 is 0 Å². The molecule has 6 rings (SSSR count). The van der Waals surface area contributed by atoms with Gasteiger partial charge in [0.05, 0.1) is 11.0 Å². The molecule has 0 aliphatic rings. The molecule has 0 amide bonds. The van der Waals surface area contributed by atoms with Crippen molar-refractivity contribution < 1.29 is 0 Å². The Bertz CT molecular complexity index is 1530. The van der Waals surface area contributed by atoms with Crippen LogP contribution >= 0.6 is 34.5 Å². The van der Waals surface area contributed by atoms with E-state index in [4.69, 9.17) is 23.2 Å². The van der Waals surface area contributed by atoms with Crippen LogP contribution in [0.4, 0.5) is 0 Å². The predicted octanol–water partition coefficient (Wildman–Crippen LogP) is 6.64. The molecule has 28 heavy (non-hydrogen) atoms. The SMILES string of the molecule is Clc1nc(Cl)nc(-n2c3ccccc3c3c4sc5ccccc5c4ccc32)n1. The van der Waals surface area contributed by atoms with Gasteiger partial charge in [-0.05, 0) is 41.4 Å². The number of rotatable bonds is 1. The molecule has 0 atom stereocenters. The second-order valence-electron chi connectivity index (χ2n) is 6.46. The van der Waals surface area contributed by atoms with Crippen molar-refractivity contribution in [3.63, 3.8) is 0 Å². The number of hydrogen-bond donors (Lipinski definition) is 0. The summed E-state index contributed by atoms with van der Waals surface area (Å²) >= 11 is 13.9. The number of nitrogens with zero attached hydrogens (tertiary/aromatic N) is 4. The van der Waals surface area contributed by atoms with E-state index < -0.39 is 0 Å². The number of halogens is 2. The molecule has 0 unspecified atom stereocenters. The summed E-state index contributed by atoms with van der Waals surface area (Å²) in [5.41, 5.74) is 2.01. The van der Waals surface area contributed by atoms with Crippen molar-refractivity contribution in [1.82, 2.24) is 19.5 Å². The van der Waals surface area contributed by atoms with Crippen molar-refractivity contribution >= 4 is 76.5 Å². The molecule has 7 heteroatoms. The van der Waals surface area contributed by atoms with E-state index >= 15 is 0 Å². The molecule has 0 bridgehead atoms. The Morgan fingerprint density at radius 1 is 0.679 bits per heavy atom. The molecule has 6 aromatic rings. The van der Waals surface area contributed by atoms with Gasteiger partial charge in [-0.15, -0.1) is 11.3 Å². The summed E-state index contributed by atoms with van der Waals surface area (Å²) in [5, 5.41) is 4.99. The zero-order valence-electron chi connectivity index (χ0n) is 14.2. The number of fused-ring (bicyclic) bond motifs is 7. The van der Waals surface area contributed by atoms with E-state index in [9.17, 15) is 0 Å². The van der Waals surface area contributed by atoms with E-state index in [1.807, 2.05) is 16.7 Å². The third kappa shape index (κ3) is 2.21. The smallest absolute Gasteiger partial charge is 0.240 e. The van der Waals surface area contributed by atoms with E-state index in [0.717, 1.165) is 16.4 Å². The van der Waals surface area contributed by atoms with E-state index in [2.05, 4.69) is 63.5 Å². The van der Waals surface area contributed by atoms with Crippen LogP contribution in [-0.2, 0) is 0 Å². The average Bonchev–Trinajstić information content (AvgIpc) is 3.22. The summed E-state index contributed by atoms with van der Waals surface area (Å²) in [6.45, 7) is 0. The van der Waals surface area contributed by atoms with Crippen LogP contribution in [0.25, 0.3) is 47.9 Å². The van der Waals surface area contributed by atoms with E-state index in [1.54, 1.807) is 11.3 Å². The molecule has 3 aromatic heterocycles. The van der Waals surface area contributed by atoms with Gasteiger partial charge in [0.25, 0.3) is 0 Å². The third-order valence-electron chi connectivity index (χ3n) is 4.95. The summed E-state index contributed by atoms with van der Waals surface area (Å²) in [5.74, 6) is 0.414. The molecule has 134 valence electrons. The Kier molecular flexibility index (Phi) is 3.41. The molecular formula is C21H10Cl2N4S. The van der Waals surface area contributed by atoms with Crippen molar-refractivity contribution in [2.24, 2.45) is 0 Å². The van der Waals surface area contributed by atoms with Gasteiger partial charge in [0.2, 0.25) is 16.5 Å². The van der Waals surface area contributed by atoms with Gasteiger partial charge >= 0.3 is 0 Å². The zero-order valence-corrected chi connectivity index (χ0v) is 16.6. The maximum absolute atomic E-state index is 6.06. The van der Waals surface area contributed by atoms with Crippen molar-refractivity contribution in [3.05, 3.63) is 71.2 Å². The minimum Gasteiger partial charge on any atom is -0.278 e. The Hall–Kier alpha value is -2.73. The first-order chi connectivity index (χ1) is 13.7. The lowest BCUT2D eigenvalue weighted by molar-refractivity contribution is 0.941. The predicted molar refractivity (Wildman–Crippen MR) is 117 cm³/mol. The third-order valence-corrected chi connectivity index (χ3v) is 6.49. The highest BCUT2D eigenvalue weighted by atomic mass is 35.5. The first kappa shape index (κ1) is 16.2. The van der Waals surface area contributed by atoms with Gasteiger partial charge in [0.15, 0.2) is 0 Å². The highest BCUT2D eigenvalue weighted by Crippen LogP contribution is 2.42. The average molecular weight is 421 g/mol. The number of para-hydroxylation sites is 1. The second kappa shape index (κ2) is 5.88. The molecule has 0 aliphatic heterocycles. The maximum Gasteiger partial charge on any atom is 0.240 e. The van der Waals surface area contributed by atoms with Crippen LogP contribution < -0.4 is 0 Å².